The summed E-state index contributed by atoms with van der Waals surface area (Å²) in [5, 5.41) is 3.20. The molecule has 1 N–H and O–H groups in total. The minimum Gasteiger partial charge on any atom is -0.345 e. The first-order chi connectivity index (χ1) is 16.3. The predicted molar refractivity (Wildman–Crippen MR) is 131 cm³/mol. The van der Waals surface area contributed by atoms with Crippen LogP contribution in [0.5, 0.6) is 0 Å². The number of benzene rings is 3. The molecule has 0 radical (unpaired) electrons. The van der Waals surface area contributed by atoms with E-state index in [1.54, 1.807) is 0 Å². The zero-order valence-electron chi connectivity index (χ0n) is 19.2. The molecule has 0 unspecified atom stereocenters. The van der Waals surface area contributed by atoms with Crippen molar-refractivity contribution in [1.82, 2.24) is 9.62 Å². The Kier molecular flexibility index (Phi) is 7.44. The third-order valence-corrected chi connectivity index (χ3v) is 8.16. The Hall–Kier alpha value is -3.03. The highest BCUT2D eigenvalue weighted by molar-refractivity contribution is 7.88. The first kappa shape index (κ1) is 24.1. The summed E-state index contributed by atoms with van der Waals surface area (Å²) in [6.07, 6.45) is 0.924. The second-order valence-electron chi connectivity index (χ2n) is 8.82. The van der Waals surface area contributed by atoms with Gasteiger partial charge < -0.3 is 5.32 Å². The summed E-state index contributed by atoms with van der Waals surface area (Å²) in [7, 11) is -3.53. The molecule has 0 bridgehead atoms. The molecule has 0 aliphatic carbocycles. The number of hydrogen-bond donors (Lipinski definition) is 1. The Morgan fingerprint density at radius 1 is 0.941 bits per heavy atom. The molecule has 178 valence electrons. The van der Waals surface area contributed by atoms with E-state index in [1.807, 2.05) is 61.5 Å². The number of rotatable bonds is 7. The number of sulfonamides is 1. The molecule has 1 aliphatic heterocycles. The first-order valence-electron chi connectivity index (χ1n) is 11.5. The van der Waals surface area contributed by atoms with Crippen LogP contribution in [0, 0.1) is 18.7 Å². The van der Waals surface area contributed by atoms with Crippen LogP contribution in [-0.4, -0.2) is 31.7 Å². The average molecular weight is 481 g/mol. The van der Waals surface area contributed by atoms with E-state index >= 15 is 0 Å². The fourth-order valence-electron chi connectivity index (χ4n) is 4.30. The van der Waals surface area contributed by atoms with Gasteiger partial charge in [0.05, 0.1) is 11.8 Å². The molecule has 1 amide bonds. The maximum Gasteiger partial charge on any atom is 0.223 e. The van der Waals surface area contributed by atoms with Crippen molar-refractivity contribution in [3.63, 3.8) is 0 Å². The molecule has 1 aliphatic rings. The van der Waals surface area contributed by atoms with E-state index in [0.29, 0.717) is 31.5 Å². The van der Waals surface area contributed by atoms with Crippen molar-refractivity contribution < 1.29 is 17.6 Å². The van der Waals surface area contributed by atoms with E-state index in [1.165, 1.54) is 28.6 Å². The molecule has 1 heterocycles. The Morgan fingerprint density at radius 2 is 1.53 bits per heavy atom. The second-order valence-corrected chi connectivity index (χ2v) is 10.8. The van der Waals surface area contributed by atoms with Crippen molar-refractivity contribution >= 4 is 15.9 Å². The second kappa shape index (κ2) is 10.5. The van der Waals surface area contributed by atoms with Crippen molar-refractivity contribution in [3.05, 3.63) is 107 Å². The number of amides is 1. The van der Waals surface area contributed by atoms with E-state index in [-0.39, 0.29) is 23.6 Å². The third kappa shape index (κ3) is 5.90. The molecule has 1 saturated heterocycles. The lowest BCUT2D eigenvalue weighted by molar-refractivity contribution is -0.126. The molecule has 5 nitrogen and oxygen atoms in total. The van der Waals surface area contributed by atoms with Crippen LogP contribution in [0.2, 0.25) is 0 Å². The fraction of sp³-hybridized carbons (Fsp3) is 0.296. The average Bonchev–Trinajstić information content (AvgIpc) is 2.85. The first-order valence-corrected chi connectivity index (χ1v) is 13.1. The largest absolute Gasteiger partial charge is 0.345 e. The molecule has 1 fully saturated rings. The van der Waals surface area contributed by atoms with Crippen LogP contribution in [-0.2, 0) is 20.6 Å². The molecule has 0 spiro atoms. The van der Waals surface area contributed by atoms with Gasteiger partial charge in [0.2, 0.25) is 15.9 Å². The van der Waals surface area contributed by atoms with Crippen LogP contribution < -0.4 is 5.32 Å². The van der Waals surface area contributed by atoms with E-state index in [2.05, 4.69) is 5.32 Å². The molecule has 4 rings (SSSR count). The normalized spacial score (nSPS) is 16.2. The van der Waals surface area contributed by atoms with Crippen molar-refractivity contribution in [2.45, 2.75) is 31.6 Å². The monoisotopic (exact) mass is 480 g/mol. The molecule has 0 aromatic heterocycles. The molecule has 3 aromatic carbocycles. The summed E-state index contributed by atoms with van der Waals surface area (Å²) in [5.41, 5.74) is 3.70. The lowest BCUT2D eigenvalue weighted by Crippen LogP contribution is -2.44. The van der Waals surface area contributed by atoms with Crippen LogP contribution >= 0.6 is 0 Å². The van der Waals surface area contributed by atoms with Gasteiger partial charge >= 0.3 is 0 Å². The molecule has 3 aromatic rings. The number of aryl methyl sites for hydroxylation is 1. The number of nitrogens with zero attached hydrogens (tertiary/aromatic N) is 1. The van der Waals surface area contributed by atoms with Crippen LogP contribution in [0.25, 0.3) is 0 Å². The highest BCUT2D eigenvalue weighted by atomic mass is 32.2. The predicted octanol–water partition coefficient (Wildman–Crippen LogP) is 4.58. The molecular weight excluding hydrogens is 451 g/mol. The summed E-state index contributed by atoms with van der Waals surface area (Å²) in [6, 6.07) is 23.2. The van der Waals surface area contributed by atoms with Crippen molar-refractivity contribution in [3.8, 4) is 0 Å². The van der Waals surface area contributed by atoms with E-state index in [4.69, 9.17) is 0 Å². The molecular formula is C27H29FN2O3S. The van der Waals surface area contributed by atoms with Gasteiger partial charge in [-0.15, -0.1) is 0 Å². The van der Waals surface area contributed by atoms with Crippen molar-refractivity contribution in [1.29, 1.82) is 0 Å². The fourth-order valence-corrected chi connectivity index (χ4v) is 5.87. The molecule has 7 heteroatoms. The summed E-state index contributed by atoms with van der Waals surface area (Å²) < 4.78 is 40.2. The van der Waals surface area contributed by atoms with Crippen LogP contribution in [0.4, 0.5) is 4.39 Å². The van der Waals surface area contributed by atoms with Gasteiger partial charge in [-0.3, -0.25) is 4.79 Å². The Labute approximate surface area is 200 Å². The van der Waals surface area contributed by atoms with Gasteiger partial charge in [0, 0.05) is 19.0 Å². The summed E-state index contributed by atoms with van der Waals surface area (Å²) >= 11 is 0. The van der Waals surface area contributed by atoms with Gasteiger partial charge in [0.25, 0.3) is 0 Å². The molecule has 34 heavy (non-hydrogen) atoms. The lowest BCUT2D eigenvalue weighted by Gasteiger charge is -2.31. The SMILES string of the molecule is Cc1ccc([C@@H](NC(=O)C2CCN(S(=O)(=O)Cc3ccc(F)cc3)CC2)c2ccccc2)cc1. The quantitative estimate of drug-likeness (QED) is 0.538. The van der Waals surface area contributed by atoms with Gasteiger partial charge in [-0.2, -0.15) is 0 Å². The van der Waals surface area contributed by atoms with Crippen LogP contribution in [0.3, 0.4) is 0 Å². The van der Waals surface area contributed by atoms with Gasteiger partial charge in [-0.1, -0.05) is 72.3 Å². The Balaban J connectivity index is 1.40. The minimum absolute atomic E-state index is 0.0648. The number of piperidine rings is 1. The highest BCUT2D eigenvalue weighted by Crippen LogP contribution is 2.26. The number of halogens is 1. The van der Waals surface area contributed by atoms with Gasteiger partial charge in [0.1, 0.15) is 5.82 Å². The number of carbonyl (C=O) groups excluding carboxylic acids is 1. The summed E-state index contributed by atoms with van der Waals surface area (Å²) in [4.78, 5) is 13.2. The molecule has 0 saturated carbocycles. The van der Waals surface area contributed by atoms with Gasteiger partial charge in [-0.05, 0) is 48.6 Å². The lowest BCUT2D eigenvalue weighted by atomic mass is 9.94. The zero-order valence-corrected chi connectivity index (χ0v) is 20.0. The molecule has 1 atom stereocenters. The number of hydrogen-bond acceptors (Lipinski definition) is 3. The Bertz CT molecular complexity index is 1200. The van der Waals surface area contributed by atoms with E-state index in [0.717, 1.165) is 16.7 Å². The van der Waals surface area contributed by atoms with E-state index < -0.39 is 15.8 Å². The van der Waals surface area contributed by atoms with E-state index in [9.17, 15) is 17.6 Å². The number of nitrogens with one attached hydrogen (secondary N) is 1. The van der Waals surface area contributed by atoms with Gasteiger partial charge in [-0.25, -0.2) is 17.1 Å². The maximum absolute atomic E-state index is 13.2. The zero-order chi connectivity index (χ0) is 24.1. The van der Waals surface area contributed by atoms with Crippen molar-refractivity contribution in [2.75, 3.05) is 13.1 Å². The summed E-state index contributed by atoms with van der Waals surface area (Å²) in [5.74, 6) is -0.889. The minimum atomic E-state index is -3.53. The van der Waals surface area contributed by atoms with Gasteiger partial charge in [0.15, 0.2) is 0 Å². The standard InChI is InChI=1S/C27H29FN2O3S/c1-20-7-11-23(12-8-20)26(22-5-3-2-4-6-22)29-27(31)24-15-17-30(18-16-24)34(32,33)19-21-9-13-25(28)14-10-21/h2-14,24,26H,15-19H2,1H3,(H,29,31)/t26-/m0/s1. The highest BCUT2D eigenvalue weighted by Gasteiger charge is 2.32. The topological polar surface area (TPSA) is 66.5 Å². The third-order valence-electron chi connectivity index (χ3n) is 6.31. The van der Waals surface area contributed by atoms with Crippen molar-refractivity contribution in [2.24, 2.45) is 5.92 Å². The summed E-state index contributed by atoms with van der Waals surface area (Å²) in [6.45, 7) is 2.61. The number of carbonyl (C=O) groups is 1. The van der Waals surface area contributed by atoms with Crippen LogP contribution in [0.15, 0.2) is 78.9 Å². The van der Waals surface area contributed by atoms with Crippen LogP contribution in [0.1, 0.15) is 41.1 Å². The Morgan fingerprint density at radius 3 is 2.15 bits per heavy atom. The maximum atomic E-state index is 13.2. The smallest absolute Gasteiger partial charge is 0.223 e.